The Balaban J connectivity index is 2.28. The van der Waals surface area contributed by atoms with E-state index < -0.39 is 53.8 Å². The summed E-state index contributed by atoms with van der Waals surface area (Å²) in [4.78, 5) is 73.5. The highest BCUT2D eigenvalue weighted by molar-refractivity contribution is 5.92. The van der Waals surface area contributed by atoms with Crippen molar-refractivity contribution in [2.75, 3.05) is 34.9 Å². The summed E-state index contributed by atoms with van der Waals surface area (Å²) in [5.41, 5.74) is 0.159. The van der Waals surface area contributed by atoms with E-state index >= 15 is 0 Å². The monoisotopic (exact) mass is 774 g/mol. The Morgan fingerprint density at radius 3 is 2.00 bits per heavy atom. The van der Waals surface area contributed by atoms with Crippen LogP contribution in [0, 0.1) is 29.6 Å². The number of ketones is 1. The van der Waals surface area contributed by atoms with Crippen molar-refractivity contribution in [2.45, 2.75) is 144 Å². The molecule has 1 aromatic carbocycles. The van der Waals surface area contributed by atoms with Gasteiger partial charge in [0, 0.05) is 47.2 Å². The van der Waals surface area contributed by atoms with E-state index in [4.69, 9.17) is 18.9 Å². The Kier molecular flexibility index (Phi) is 18.8. The molecular weight excluding hydrogens is 702 g/mol. The van der Waals surface area contributed by atoms with Crippen LogP contribution in [0.3, 0.4) is 0 Å². The van der Waals surface area contributed by atoms with Crippen LogP contribution in [-0.4, -0.2) is 115 Å². The van der Waals surface area contributed by atoms with Crippen molar-refractivity contribution in [3.63, 3.8) is 0 Å². The number of hydrogen-bond donors (Lipinski definition) is 0. The largest absolute Gasteiger partial charge is 0.461 e. The van der Waals surface area contributed by atoms with E-state index in [-0.39, 0.29) is 60.8 Å². The van der Waals surface area contributed by atoms with Crippen molar-refractivity contribution in [1.82, 2.24) is 14.7 Å². The van der Waals surface area contributed by atoms with Gasteiger partial charge < -0.3 is 33.6 Å². The van der Waals surface area contributed by atoms with Crippen LogP contribution in [0.5, 0.6) is 0 Å². The molecule has 0 aromatic heterocycles. The number of likely N-dealkylation sites (tertiary alicyclic amines) is 1. The maximum absolute atomic E-state index is 14.4. The quantitative estimate of drug-likeness (QED) is 0.132. The Bertz CT molecular complexity index is 1400. The molecule has 1 aliphatic heterocycles. The van der Waals surface area contributed by atoms with E-state index in [1.165, 1.54) is 4.90 Å². The summed E-state index contributed by atoms with van der Waals surface area (Å²) in [6, 6.07) is 7.89. The van der Waals surface area contributed by atoms with Crippen molar-refractivity contribution in [2.24, 2.45) is 29.6 Å². The van der Waals surface area contributed by atoms with Gasteiger partial charge in [0.2, 0.25) is 11.8 Å². The summed E-state index contributed by atoms with van der Waals surface area (Å²) in [5.74, 6) is -2.69. The molecular formula is C43H71N3O9. The average Bonchev–Trinajstić information content (AvgIpc) is 3.61. The van der Waals surface area contributed by atoms with Crippen LogP contribution < -0.4 is 0 Å². The second-order valence-electron chi connectivity index (χ2n) is 17.0. The van der Waals surface area contributed by atoms with Crippen molar-refractivity contribution >= 4 is 29.7 Å². The first-order chi connectivity index (χ1) is 25.7. The van der Waals surface area contributed by atoms with E-state index in [1.54, 1.807) is 65.8 Å². The fraction of sp³-hybridized carbons (Fsp3) is 0.744. The van der Waals surface area contributed by atoms with Gasteiger partial charge in [-0.2, -0.15) is 0 Å². The number of benzene rings is 1. The molecule has 1 aliphatic rings. The van der Waals surface area contributed by atoms with Gasteiger partial charge in [0.25, 0.3) is 0 Å². The summed E-state index contributed by atoms with van der Waals surface area (Å²) in [5, 5.41) is 0. The molecule has 0 unspecified atom stereocenters. The number of amides is 3. The van der Waals surface area contributed by atoms with Gasteiger partial charge in [0.1, 0.15) is 12.2 Å². The van der Waals surface area contributed by atoms with E-state index in [0.29, 0.717) is 13.0 Å². The number of hydrogen-bond acceptors (Lipinski definition) is 9. The lowest BCUT2D eigenvalue weighted by molar-refractivity contribution is -0.158. The maximum atomic E-state index is 14.4. The number of esters is 1. The topological polar surface area (TPSA) is 132 Å². The number of methoxy groups -OCH3 is 2. The zero-order valence-electron chi connectivity index (χ0n) is 36.1. The fourth-order valence-electron chi connectivity index (χ4n) is 7.84. The van der Waals surface area contributed by atoms with Crippen molar-refractivity contribution in [3.8, 4) is 0 Å². The molecule has 1 fully saturated rings. The van der Waals surface area contributed by atoms with Crippen molar-refractivity contribution < 1.29 is 42.9 Å². The van der Waals surface area contributed by atoms with Gasteiger partial charge in [-0.05, 0) is 63.9 Å². The summed E-state index contributed by atoms with van der Waals surface area (Å²) in [6.07, 6.45) is 0.315. The lowest BCUT2D eigenvalue weighted by Crippen LogP contribution is -2.54. The normalized spacial score (nSPS) is 18.5. The molecule has 0 bridgehead atoms. The number of Topliss-reactive ketones (excluding diaryl/α,β-unsaturated/α-hetero) is 1. The van der Waals surface area contributed by atoms with E-state index in [0.717, 1.165) is 18.4 Å². The first-order valence-electron chi connectivity index (χ1n) is 20.0. The molecule has 0 aliphatic carbocycles. The number of ether oxygens (including phenoxy) is 4. The Morgan fingerprint density at radius 1 is 0.873 bits per heavy atom. The summed E-state index contributed by atoms with van der Waals surface area (Å²) in [6.45, 7) is 19.4. The van der Waals surface area contributed by atoms with Crippen LogP contribution in [0.25, 0.3) is 0 Å². The Hall–Kier alpha value is -3.51. The molecule has 0 saturated carbocycles. The number of likely N-dealkylation sites (N-methyl/N-ethyl adjacent to an activating group) is 2. The van der Waals surface area contributed by atoms with Gasteiger partial charge >= 0.3 is 12.1 Å². The molecule has 0 N–H and O–H groups in total. The van der Waals surface area contributed by atoms with Gasteiger partial charge in [0.15, 0.2) is 5.78 Å². The van der Waals surface area contributed by atoms with Crippen LogP contribution in [-0.2, 0) is 44.7 Å². The molecule has 1 saturated heterocycles. The predicted molar refractivity (Wildman–Crippen MR) is 213 cm³/mol. The molecule has 8 atom stereocenters. The standard InChI is InChI=1S/C43H71N3O9/c1-15-29(6)38(44(11)40(49)32(27(2)3)24-34(47)37(28(4)5)45(12)42(51)55-43(8,9)10)35(52-13)25-36(48)46-23-19-22-33(46)39(53-14)30(7)41(50)54-26-31-20-17-16-18-21-31/h16-18,20-21,27-30,32-33,35,37-39H,15,19,22-26H2,1-14H3/t29-,30+,32-,33-,35+,37-,38-,39+/m0/s1. The highest BCUT2D eigenvalue weighted by atomic mass is 16.6. The van der Waals surface area contributed by atoms with Crippen LogP contribution in [0.2, 0.25) is 0 Å². The minimum absolute atomic E-state index is 0.0181. The van der Waals surface area contributed by atoms with E-state index in [9.17, 15) is 24.0 Å². The van der Waals surface area contributed by atoms with Gasteiger partial charge in [-0.15, -0.1) is 0 Å². The zero-order chi connectivity index (χ0) is 41.8. The molecule has 1 aromatic rings. The fourth-order valence-corrected chi connectivity index (χ4v) is 7.84. The van der Waals surface area contributed by atoms with Crippen LogP contribution in [0.15, 0.2) is 30.3 Å². The molecule has 1 heterocycles. The van der Waals surface area contributed by atoms with Crippen molar-refractivity contribution in [1.29, 1.82) is 0 Å². The minimum atomic E-state index is -0.776. The van der Waals surface area contributed by atoms with Crippen molar-refractivity contribution in [3.05, 3.63) is 35.9 Å². The van der Waals surface area contributed by atoms with Crippen LogP contribution in [0.1, 0.15) is 107 Å². The third-order valence-electron chi connectivity index (χ3n) is 11.0. The predicted octanol–water partition coefficient (Wildman–Crippen LogP) is 6.77. The first kappa shape index (κ1) is 47.6. The molecule has 0 radical (unpaired) electrons. The summed E-state index contributed by atoms with van der Waals surface area (Å²) >= 11 is 0. The molecule has 55 heavy (non-hydrogen) atoms. The lowest BCUT2D eigenvalue weighted by Gasteiger charge is -2.41. The minimum Gasteiger partial charge on any atom is -0.461 e. The average molecular weight is 774 g/mol. The molecule has 12 heteroatoms. The molecule has 12 nitrogen and oxygen atoms in total. The number of carbonyl (C=O) groups is 5. The number of nitrogens with zero attached hydrogens (tertiary/aromatic N) is 3. The summed E-state index contributed by atoms with van der Waals surface area (Å²) < 4.78 is 23.1. The Labute approximate surface area is 330 Å². The molecule has 312 valence electrons. The van der Waals surface area contributed by atoms with E-state index in [1.807, 2.05) is 71.9 Å². The zero-order valence-corrected chi connectivity index (χ0v) is 36.1. The SMILES string of the molecule is CC[C@H](C)[C@@H]([C@@H](CC(=O)N1CCC[C@H]1[C@H](OC)[C@@H](C)C(=O)OCc1ccccc1)OC)N(C)C(=O)[C@@H](CC(=O)[C@H](C(C)C)N(C)C(=O)OC(C)(C)C)C(C)C. The van der Waals surface area contributed by atoms with Gasteiger partial charge in [-0.3, -0.25) is 19.2 Å². The number of rotatable bonds is 20. The van der Waals surface area contributed by atoms with Gasteiger partial charge in [-0.1, -0.05) is 78.3 Å². The van der Waals surface area contributed by atoms with Crippen LogP contribution in [0.4, 0.5) is 4.79 Å². The molecule has 2 rings (SSSR count). The Morgan fingerprint density at radius 2 is 1.49 bits per heavy atom. The van der Waals surface area contributed by atoms with Gasteiger partial charge in [0.05, 0.1) is 42.7 Å². The summed E-state index contributed by atoms with van der Waals surface area (Å²) in [7, 11) is 6.40. The lowest BCUT2D eigenvalue weighted by atomic mass is 9.83. The second-order valence-corrected chi connectivity index (χ2v) is 17.0. The van der Waals surface area contributed by atoms with E-state index in [2.05, 4.69) is 0 Å². The third-order valence-corrected chi connectivity index (χ3v) is 11.0. The van der Waals surface area contributed by atoms with Gasteiger partial charge in [-0.25, -0.2) is 4.79 Å². The van der Waals surface area contributed by atoms with Crippen LogP contribution >= 0.6 is 0 Å². The highest BCUT2D eigenvalue weighted by Crippen LogP contribution is 2.31. The maximum Gasteiger partial charge on any atom is 0.410 e. The smallest absolute Gasteiger partial charge is 0.410 e. The first-order valence-corrected chi connectivity index (χ1v) is 20.0. The third kappa shape index (κ3) is 13.3. The highest BCUT2D eigenvalue weighted by Gasteiger charge is 2.44. The molecule has 0 spiro atoms. The second kappa shape index (κ2) is 21.7. The number of carbonyl (C=O) groups excluding carboxylic acids is 5. The molecule has 3 amide bonds.